The average molecular weight is 238 g/mol. The third kappa shape index (κ3) is 2.83. The van der Waals surface area contributed by atoms with Crippen molar-refractivity contribution < 1.29 is 0 Å². The number of nitrogens with zero attached hydrogens (tertiary/aromatic N) is 3. The molecule has 1 aromatic heterocycles. The minimum absolute atomic E-state index is 0.322. The molecule has 1 heterocycles. The second-order valence-corrected chi connectivity index (χ2v) is 3.95. The lowest BCUT2D eigenvalue weighted by Crippen LogP contribution is -1.99. The second kappa shape index (κ2) is 5.78. The molecule has 0 saturated heterocycles. The molecular formula is C14H14N4. The summed E-state index contributed by atoms with van der Waals surface area (Å²) < 4.78 is 0. The number of rotatable bonds is 4. The number of aryl methyl sites for hydroxylation is 1. The molecule has 1 N–H and O–H groups in total. The summed E-state index contributed by atoms with van der Waals surface area (Å²) in [4.78, 5) is 0. The summed E-state index contributed by atoms with van der Waals surface area (Å²) in [7, 11) is 0. The van der Waals surface area contributed by atoms with Crippen LogP contribution in [0, 0.1) is 11.3 Å². The van der Waals surface area contributed by atoms with Crippen LogP contribution in [0.3, 0.4) is 0 Å². The highest BCUT2D eigenvalue weighted by atomic mass is 15.2. The Balaban J connectivity index is 2.20. The highest BCUT2D eigenvalue weighted by Gasteiger charge is 2.02. The quantitative estimate of drug-likeness (QED) is 0.889. The predicted molar refractivity (Wildman–Crippen MR) is 70.5 cm³/mol. The molecule has 1 aromatic carbocycles. The highest BCUT2D eigenvalue weighted by molar-refractivity contribution is 5.60. The normalized spacial score (nSPS) is 9.78. The Kier molecular flexibility index (Phi) is 3.87. The van der Waals surface area contributed by atoms with Gasteiger partial charge in [-0.05, 0) is 30.2 Å². The minimum Gasteiger partial charge on any atom is -0.339 e. The van der Waals surface area contributed by atoms with Gasteiger partial charge in [-0.15, -0.1) is 10.2 Å². The third-order valence-electron chi connectivity index (χ3n) is 2.58. The number of nitriles is 1. The molecule has 0 saturated carbocycles. The van der Waals surface area contributed by atoms with Gasteiger partial charge in [0.2, 0.25) is 0 Å². The largest absolute Gasteiger partial charge is 0.339 e. The number of anilines is 2. The smallest absolute Gasteiger partial charge is 0.163 e. The third-order valence-corrected chi connectivity index (χ3v) is 2.58. The van der Waals surface area contributed by atoms with E-state index in [0.717, 1.165) is 18.5 Å². The van der Waals surface area contributed by atoms with Crippen LogP contribution in [0.5, 0.6) is 0 Å². The van der Waals surface area contributed by atoms with Crippen LogP contribution < -0.4 is 5.32 Å². The molecule has 0 amide bonds. The molecular weight excluding hydrogens is 224 g/mol. The first-order valence-corrected chi connectivity index (χ1v) is 5.92. The predicted octanol–water partition coefficient (Wildman–Crippen LogP) is 3.04. The van der Waals surface area contributed by atoms with E-state index in [1.807, 2.05) is 24.3 Å². The average Bonchev–Trinajstić information content (AvgIpc) is 2.42. The topological polar surface area (TPSA) is 61.6 Å². The van der Waals surface area contributed by atoms with Crippen LogP contribution in [0.1, 0.15) is 24.6 Å². The van der Waals surface area contributed by atoms with Crippen molar-refractivity contribution >= 4 is 11.5 Å². The molecule has 0 fully saturated rings. The number of benzene rings is 1. The number of para-hydroxylation sites is 1. The number of hydrogen-bond donors (Lipinski definition) is 1. The zero-order valence-corrected chi connectivity index (χ0v) is 10.2. The summed E-state index contributed by atoms with van der Waals surface area (Å²) in [5.41, 5.74) is 2.62. The first kappa shape index (κ1) is 12.1. The summed E-state index contributed by atoms with van der Waals surface area (Å²) in [5.74, 6) is 0.651. The fraction of sp³-hybridized carbons (Fsp3) is 0.214. The van der Waals surface area contributed by atoms with Gasteiger partial charge >= 0.3 is 0 Å². The van der Waals surface area contributed by atoms with Gasteiger partial charge in [0, 0.05) is 5.69 Å². The zero-order chi connectivity index (χ0) is 12.8. The Morgan fingerprint density at radius 2 is 2.00 bits per heavy atom. The molecule has 2 rings (SSSR count). The van der Waals surface area contributed by atoms with Gasteiger partial charge in [-0.1, -0.05) is 31.5 Å². The summed E-state index contributed by atoms with van der Waals surface area (Å²) in [6.07, 6.45) is 2.12. The molecule has 2 aromatic rings. The Labute approximate surface area is 106 Å². The van der Waals surface area contributed by atoms with E-state index >= 15 is 0 Å². The van der Waals surface area contributed by atoms with Crippen LogP contribution in [-0.4, -0.2) is 10.2 Å². The van der Waals surface area contributed by atoms with Crippen LogP contribution in [-0.2, 0) is 6.42 Å². The number of nitrogens with one attached hydrogen (secondary N) is 1. The van der Waals surface area contributed by atoms with E-state index in [4.69, 9.17) is 5.26 Å². The van der Waals surface area contributed by atoms with Gasteiger partial charge in [-0.25, -0.2) is 0 Å². The van der Waals surface area contributed by atoms with Crippen LogP contribution in [0.25, 0.3) is 0 Å². The van der Waals surface area contributed by atoms with E-state index in [2.05, 4.69) is 28.5 Å². The van der Waals surface area contributed by atoms with Crippen LogP contribution in [0.4, 0.5) is 11.5 Å². The highest BCUT2D eigenvalue weighted by Crippen LogP contribution is 2.20. The Bertz CT molecular complexity index is 555. The van der Waals surface area contributed by atoms with E-state index in [1.54, 1.807) is 12.1 Å². The van der Waals surface area contributed by atoms with Crippen molar-refractivity contribution in [3.8, 4) is 6.07 Å². The first-order chi connectivity index (χ1) is 8.83. The van der Waals surface area contributed by atoms with Crippen molar-refractivity contribution in [1.82, 2.24) is 10.2 Å². The molecule has 0 atom stereocenters. The van der Waals surface area contributed by atoms with E-state index in [-0.39, 0.29) is 0 Å². The lowest BCUT2D eigenvalue weighted by molar-refractivity contribution is 0.922. The maximum atomic E-state index is 8.66. The monoisotopic (exact) mass is 238 g/mol. The SMILES string of the molecule is CCCc1ccccc1Nc1ccc(C#N)nn1. The lowest BCUT2D eigenvalue weighted by atomic mass is 10.1. The Hall–Kier alpha value is -2.41. The molecule has 0 unspecified atom stereocenters. The summed E-state index contributed by atoms with van der Waals surface area (Å²) in [5, 5.41) is 19.6. The van der Waals surface area contributed by atoms with Gasteiger partial charge in [0.05, 0.1) is 0 Å². The van der Waals surface area contributed by atoms with E-state index < -0.39 is 0 Å². The molecule has 4 nitrogen and oxygen atoms in total. The van der Waals surface area contributed by atoms with Crippen LogP contribution >= 0.6 is 0 Å². The molecule has 90 valence electrons. The van der Waals surface area contributed by atoms with Crippen molar-refractivity contribution in [3.63, 3.8) is 0 Å². The van der Waals surface area contributed by atoms with Gasteiger partial charge in [0.15, 0.2) is 11.5 Å². The molecule has 0 aliphatic heterocycles. The van der Waals surface area contributed by atoms with Gasteiger partial charge in [-0.2, -0.15) is 5.26 Å². The summed E-state index contributed by atoms with van der Waals surface area (Å²) in [6, 6.07) is 13.5. The molecule has 4 heteroatoms. The molecule has 18 heavy (non-hydrogen) atoms. The lowest BCUT2D eigenvalue weighted by Gasteiger charge is -2.10. The zero-order valence-electron chi connectivity index (χ0n) is 10.2. The standard InChI is InChI=1S/C14H14N4/c1-2-5-11-6-3-4-7-13(11)16-14-9-8-12(10-15)17-18-14/h3-4,6-9H,2,5H2,1H3,(H,16,18). The Morgan fingerprint density at radius 1 is 1.17 bits per heavy atom. The van der Waals surface area contributed by atoms with Crippen molar-refractivity contribution in [1.29, 1.82) is 5.26 Å². The molecule has 0 aliphatic rings. The maximum Gasteiger partial charge on any atom is 0.163 e. The van der Waals surface area contributed by atoms with Crippen molar-refractivity contribution in [2.24, 2.45) is 0 Å². The van der Waals surface area contributed by atoms with Gasteiger partial charge in [0.1, 0.15) is 6.07 Å². The fourth-order valence-corrected chi connectivity index (χ4v) is 1.73. The first-order valence-electron chi connectivity index (χ1n) is 5.92. The fourth-order valence-electron chi connectivity index (χ4n) is 1.73. The van der Waals surface area contributed by atoms with E-state index in [0.29, 0.717) is 11.5 Å². The van der Waals surface area contributed by atoms with E-state index in [9.17, 15) is 0 Å². The minimum atomic E-state index is 0.322. The summed E-state index contributed by atoms with van der Waals surface area (Å²) >= 11 is 0. The van der Waals surface area contributed by atoms with Crippen molar-refractivity contribution in [2.45, 2.75) is 19.8 Å². The van der Waals surface area contributed by atoms with Gasteiger partial charge < -0.3 is 5.32 Å². The second-order valence-electron chi connectivity index (χ2n) is 3.95. The van der Waals surface area contributed by atoms with Crippen LogP contribution in [0.15, 0.2) is 36.4 Å². The van der Waals surface area contributed by atoms with Crippen molar-refractivity contribution in [2.75, 3.05) is 5.32 Å². The van der Waals surface area contributed by atoms with Crippen LogP contribution in [0.2, 0.25) is 0 Å². The number of aromatic nitrogens is 2. The molecule has 0 spiro atoms. The van der Waals surface area contributed by atoms with Gasteiger partial charge in [-0.3, -0.25) is 0 Å². The van der Waals surface area contributed by atoms with Crippen molar-refractivity contribution in [3.05, 3.63) is 47.7 Å². The maximum absolute atomic E-state index is 8.66. The number of hydrogen-bond acceptors (Lipinski definition) is 4. The Morgan fingerprint density at radius 3 is 2.67 bits per heavy atom. The summed E-state index contributed by atoms with van der Waals surface area (Å²) in [6.45, 7) is 2.15. The molecule has 0 radical (unpaired) electrons. The van der Waals surface area contributed by atoms with Gasteiger partial charge in [0.25, 0.3) is 0 Å². The van der Waals surface area contributed by atoms with E-state index in [1.165, 1.54) is 5.56 Å². The molecule has 0 aliphatic carbocycles. The molecule has 0 bridgehead atoms.